The van der Waals surface area contributed by atoms with Crippen molar-refractivity contribution in [3.63, 3.8) is 0 Å². The predicted molar refractivity (Wildman–Crippen MR) is 99.3 cm³/mol. The lowest BCUT2D eigenvalue weighted by atomic mass is 10.1. The maximum absolute atomic E-state index is 12.4. The van der Waals surface area contributed by atoms with Gasteiger partial charge in [-0.2, -0.15) is 0 Å². The van der Waals surface area contributed by atoms with Crippen molar-refractivity contribution in [1.82, 2.24) is 19.4 Å². The van der Waals surface area contributed by atoms with Crippen LogP contribution < -0.4 is 16.6 Å². The average Bonchev–Trinajstić information content (AvgIpc) is 3.46. The van der Waals surface area contributed by atoms with Crippen molar-refractivity contribution in [1.29, 1.82) is 0 Å². The summed E-state index contributed by atoms with van der Waals surface area (Å²) in [7, 11) is 3.01. The third-order valence-electron chi connectivity index (χ3n) is 4.54. The SMILES string of the molecule is CN(Cc1ccc(C(=O)NC2CC2)cc1)C(=O)Cn1ccc(=O)n(C)c1=O. The molecule has 142 valence electrons. The van der Waals surface area contributed by atoms with Crippen LogP contribution in [-0.2, 0) is 24.9 Å². The quantitative estimate of drug-likeness (QED) is 0.780. The van der Waals surface area contributed by atoms with Gasteiger partial charge in [-0.15, -0.1) is 0 Å². The number of aromatic nitrogens is 2. The van der Waals surface area contributed by atoms with Crippen LogP contribution in [0.25, 0.3) is 0 Å². The Morgan fingerprint density at radius 2 is 1.81 bits per heavy atom. The Morgan fingerprint density at radius 3 is 2.44 bits per heavy atom. The van der Waals surface area contributed by atoms with E-state index >= 15 is 0 Å². The molecule has 1 aromatic carbocycles. The van der Waals surface area contributed by atoms with Gasteiger partial charge in [-0.1, -0.05) is 12.1 Å². The Hall–Kier alpha value is -3.16. The number of nitrogens with one attached hydrogen (secondary N) is 1. The van der Waals surface area contributed by atoms with Gasteiger partial charge in [0.15, 0.2) is 0 Å². The van der Waals surface area contributed by atoms with Gasteiger partial charge in [-0.3, -0.25) is 23.5 Å². The van der Waals surface area contributed by atoms with Gasteiger partial charge in [0.2, 0.25) is 5.91 Å². The third-order valence-corrected chi connectivity index (χ3v) is 4.54. The van der Waals surface area contributed by atoms with Crippen LogP contribution in [0.1, 0.15) is 28.8 Å². The summed E-state index contributed by atoms with van der Waals surface area (Å²) in [5.74, 6) is -0.339. The van der Waals surface area contributed by atoms with Crippen molar-refractivity contribution in [2.75, 3.05) is 7.05 Å². The zero-order valence-electron chi connectivity index (χ0n) is 15.3. The standard InChI is InChI=1S/C19H22N4O4/c1-21(17(25)12-23-10-9-16(24)22(2)19(23)27)11-13-3-5-14(6-4-13)18(26)20-15-7-8-15/h3-6,9-10,15H,7-8,11-12H2,1-2H3,(H,20,26). The highest BCUT2D eigenvalue weighted by Crippen LogP contribution is 2.19. The number of rotatable bonds is 6. The summed E-state index contributed by atoms with van der Waals surface area (Å²) < 4.78 is 2.16. The summed E-state index contributed by atoms with van der Waals surface area (Å²) in [6.45, 7) is 0.204. The van der Waals surface area contributed by atoms with Gasteiger partial charge in [0.1, 0.15) is 6.54 Å². The zero-order valence-corrected chi connectivity index (χ0v) is 15.3. The maximum atomic E-state index is 12.4. The molecule has 1 aliphatic rings. The van der Waals surface area contributed by atoms with Crippen LogP contribution in [0.5, 0.6) is 0 Å². The highest BCUT2D eigenvalue weighted by Gasteiger charge is 2.23. The monoisotopic (exact) mass is 370 g/mol. The van der Waals surface area contributed by atoms with E-state index in [2.05, 4.69) is 5.32 Å². The van der Waals surface area contributed by atoms with Gasteiger partial charge in [-0.25, -0.2) is 4.79 Å². The van der Waals surface area contributed by atoms with Crippen LogP contribution in [0.4, 0.5) is 0 Å². The van der Waals surface area contributed by atoms with E-state index in [4.69, 9.17) is 0 Å². The van der Waals surface area contributed by atoms with Crippen molar-refractivity contribution < 1.29 is 9.59 Å². The molecular weight excluding hydrogens is 348 g/mol. The van der Waals surface area contributed by atoms with Gasteiger partial charge >= 0.3 is 5.69 Å². The lowest BCUT2D eigenvalue weighted by Crippen LogP contribution is -2.40. The summed E-state index contributed by atoms with van der Waals surface area (Å²) >= 11 is 0. The molecule has 0 spiro atoms. The molecule has 0 aliphatic heterocycles. The Kier molecular flexibility index (Phi) is 5.25. The fraction of sp³-hybridized carbons (Fsp3) is 0.368. The molecule has 27 heavy (non-hydrogen) atoms. The van der Waals surface area contributed by atoms with Crippen LogP contribution in [0, 0.1) is 0 Å². The number of likely N-dealkylation sites (N-methyl/N-ethyl adjacent to an activating group) is 1. The minimum Gasteiger partial charge on any atom is -0.349 e. The molecule has 3 rings (SSSR count). The van der Waals surface area contributed by atoms with E-state index in [1.54, 1.807) is 19.2 Å². The molecule has 0 bridgehead atoms. The number of carbonyl (C=O) groups excluding carboxylic acids is 2. The van der Waals surface area contributed by atoms with Crippen LogP contribution in [-0.4, -0.2) is 38.9 Å². The fourth-order valence-corrected chi connectivity index (χ4v) is 2.62. The van der Waals surface area contributed by atoms with Gasteiger partial charge in [0.05, 0.1) is 0 Å². The predicted octanol–water partition coefficient (Wildman–Crippen LogP) is 0.0978. The third kappa shape index (κ3) is 4.52. The molecule has 0 unspecified atom stereocenters. The Morgan fingerprint density at radius 1 is 1.15 bits per heavy atom. The number of hydrogen-bond acceptors (Lipinski definition) is 4. The molecule has 1 fully saturated rings. The molecule has 0 saturated heterocycles. The van der Waals surface area contributed by atoms with E-state index in [9.17, 15) is 19.2 Å². The number of benzene rings is 1. The molecular formula is C19H22N4O4. The van der Waals surface area contributed by atoms with Gasteiger partial charge in [0, 0.05) is 44.5 Å². The molecule has 8 nitrogen and oxygen atoms in total. The van der Waals surface area contributed by atoms with E-state index in [0.717, 1.165) is 23.0 Å². The first kappa shape index (κ1) is 18.6. The average molecular weight is 370 g/mol. The van der Waals surface area contributed by atoms with E-state index in [-0.39, 0.29) is 18.4 Å². The van der Waals surface area contributed by atoms with Crippen molar-refractivity contribution in [2.45, 2.75) is 32.0 Å². The first-order valence-electron chi connectivity index (χ1n) is 8.75. The maximum Gasteiger partial charge on any atom is 0.331 e. The molecule has 1 N–H and O–H groups in total. The molecule has 1 aromatic heterocycles. The molecule has 2 amide bonds. The summed E-state index contributed by atoms with van der Waals surface area (Å²) in [5.41, 5.74) is 0.524. The van der Waals surface area contributed by atoms with Crippen LogP contribution >= 0.6 is 0 Å². The fourth-order valence-electron chi connectivity index (χ4n) is 2.62. The lowest BCUT2D eigenvalue weighted by molar-refractivity contribution is -0.131. The molecule has 1 aliphatic carbocycles. The smallest absolute Gasteiger partial charge is 0.331 e. The van der Waals surface area contributed by atoms with E-state index < -0.39 is 11.2 Å². The normalized spacial score (nSPS) is 13.3. The lowest BCUT2D eigenvalue weighted by Gasteiger charge is -2.18. The minimum atomic E-state index is -0.532. The van der Waals surface area contributed by atoms with Crippen molar-refractivity contribution in [3.05, 3.63) is 68.5 Å². The molecule has 0 radical (unpaired) electrons. The molecule has 1 heterocycles. The topological polar surface area (TPSA) is 93.4 Å². The van der Waals surface area contributed by atoms with Gasteiger partial charge in [-0.05, 0) is 30.5 Å². The Balaban J connectivity index is 1.61. The second-order valence-electron chi connectivity index (χ2n) is 6.82. The summed E-state index contributed by atoms with van der Waals surface area (Å²) in [6, 6.07) is 8.65. The van der Waals surface area contributed by atoms with Crippen molar-refractivity contribution in [3.8, 4) is 0 Å². The van der Waals surface area contributed by atoms with Gasteiger partial charge < -0.3 is 10.2 Å². The van der Waals surface area contributed by atoms with E-state index in [1.807, 2.05) is 12.1 Å². The first-order chi connectivity index (χ1) is 12.8. The Bertz CT molecular complexity index is 970. The number of nitrogens with zero attached hydrogens (tertiary/aromatic N) is 3. The molecule has 1 saturated carbocycles. The number of hydrogen-bond donors (Lipinski definition) is 1. The van der Waals surface area contributed by atoms with Gasteiger partial charge in [0.25, 0.3) is 11.5 Å². The van der Waals surface area contributed by atoms with Crippen molar-refractivity contribution >= 4 is 11.8 Å². The van der Waals surface area contributed by atoms with E-state index in [1.165, 1.54) is 28.8 Å². The summed E-state index contributed by atoms with van der Waals surface area (Å²) in [4.78, 5) is 49.3. The van der Waals surface area contributed by atoms with Crippen molar-refractivity contribution in [2.24, 2.45) is 7.05 Å². The van der Waals surface area contributed by atoms with Crippen LogP contribution in [0.2, 0.25) is 0 Å². The number of carbonyl (C=O) groups is 2. The summed E-state index contributed by atoms with van der Waals surface area (Å²) in [6.07, 6.45) is 3.40. The van der Waals surface area contributed by atoms with Crippen LogP contribution in [0.3, 0.4) is 0 Å². The van der Waals surface area contributed by atoms with E-state index in [0.29, 0.717) is 18.2 Å². The highest BCUT2D eigenvalue weighted by atomic mass is 16.2. The number of amides is 2. The minimum absolute atomic E-state index is 0.0810. The molecule has 2 aromatic rings. The second kappa shape index (κ2) is 7.61. The van der Waals surface area contributed by atoms with Crippen LogP contribution in [0.15, 0.2) is 46.1 Å². The zero-order chi connectivity index (χ0) is 19.6. The Labute approximate surface area is 156 Å². The summed E-state index contributed by atoms with van der Waals surface area (Å²) in [5, 5.41) is 2.93. The largest absolute Gasteiger partial charge is 0.349 e. The molecule has 0 atom stereocenters. The highest BCUT2D eigenvalue weighted by molar-refractivity contribution is 5.94. The first-order valence-corrected chi connectivity index (χ1v) is 8.75. The second-order valence-corrected chi connectivity index (χ2v) is 6.82. The molecule has 8 heteroatoms.